The van der Waals surface area contributed by atoms with Gasteiger partial charge in [-0.25, -0.2) is 0 Å². The van der Waals surface area contributed by atoms with Gasteiger partial charge in [0.05, 0.1) is 6.04 Å². The largest absolute Gasteiger partial charge is 0.340 e. The summed E-state index contributed by atoms with van der Waals surface area (Å²) in [5, 5.41) is 4.10. The number of hydrogen-bond donors (Lipinski definition) is 1. The van der Waals surface area contributed by atoms with Crippen LogP contribution in [0.4, 0.5) is 0 Å². The van der Waals surface area contributed by atoms with Gasteiger partial charge in [-0.05, 0) is 20.3 Å². The highest BCUT2D eigenvalue weighted by Gasteiger charge is 2.27. The summed E-state index contributed by atoms with van der Waals surface area (Å²) < 4.78 is 5.48. The lowest BCUT2D eigenvalue weighted by molar-refractivity contribution is -0.133. The van der Waals surface area contributed by atoms with Crippen LogP contribution in [0.5, 0.6) is 0 Å². The van der Waals surface area contributed by atoms with Crippen LogP contribution >= 0.6 is 0 Å². The lowest BCUT2D eigenvalue weighted by Crippen LogP contribution is -2.49. The van der Waals surface area contributed by atoms with Gasteiger partial charge in [-0.2, -0.15) is 4.98 Å². The second-order valence-electron chi connectivity index (χ2n) is 6.93. The van der Waals surface area contributed by atoms with Crippen molar-refractivity contribution < 1.29 is 9.32 Å². The zero-order valence-electron chi connectivity index (χ0n) is 15.5. The van der Waals surface area contributed by atoms with E-state index in [1.807, 2.05) is 42.2 Å². The van der Waals surface area contributed by atoms with Crippen molar-refractivity contribution in [3.8, 4) is 11.4 Å². The third kappa shape index (κ3) is 4.47. The van der Waals surface area contributed by atoms with E-state index in [1.54, 1.807) is 0 Å². The van der Waals surface area contributed by atoms with Crippen molar-refractivity contribution in [1.29, 1.82) is 0 Å². The van der Waals surface area contributed by atoms with Crippen molar-refractivity contribution in [2.75, 3.05) is 26.2 Å². The van der Waals surface area contributed by atoms with E-state index >= 15 is 0 Å². The molecule has 1 aromatic heterocycles. The van der Waals surface area contributed by atoms with Crippen molar-refractivity contribution in [2.24, 2.45) is 5.73 Å². The molecule has 1 aliphatic heterocycles. The quantitative estimate of drug-likeness (QED) is 0.851. The van der Waals surface area contributed by atoms with Crippen LogP contribution in [0, 0.1) is 0 Å². The maximum atomic E-state index is 12.2. The maximum absolute atomic E-state index is 12.2. The SMILES string of the molecule is CC(N)CCC(=O)N1CCN(C(C)c2nc(-c3ccccc3)no2)CC1. The van der Waals surface area contributed by atoms with Crippen molar-refractivity contribution in [3.63, 3.8) is 0 Å². The summed E-state index contributed by atoms with van der Waals surface area (Å²) >= 11 is 0. The van der Waals surface area contributed by atoms with Crippen LogP contribution in [-0.4, -0.2) is 58.1 Å². The summed E-state index contributed by atoms with van der Waals surface area (Å²) in [7, 11) is 0. The predicted octanol–water partition coefficient (Wildman–Crippen LogP) is 2.07. The molecule has 0 spiro atoms. The molecule has 2 aromatic rings. The molecule has 0 aliphatic carbocycles. The van der Waals surface area contributed by atoms with E-state index in [2.05, 4.69) is 22.0 Å². The number of nitrogens with zero attached hydrogens (tertiary/aromatic N) is 4. The summed E-state index contributed by atoms with van der Waals surface area (Å²) in [5.41, 5.74) is 6.68. The molecule has 1 aromatic carbocycles. The van der Waals surface area contributed by atoms with E-state index in [9.17, 15) is 4.79 Å². The zero-order chi connectivity index (χ0) is 18.5. The number of benzene rings is 1. The zero-order valence-corrected chi connectivity index (χ0v) is 15.5. The molecule has 2 N–H and O–H groups in total. The molecular formula is C19H27N5O2. The van der Waals surface area contributed by atoms with Crippen LogP contribution in [0.2, 0.25) is 0 Å². The normalized spacial score (nSPS) is 17.9. The first-order valence-electron chi connectivity index (χ1n) is 9.21. The molecule has 1 saturated heterocycles. The highest BCUT2D eigenvalue weighted by atomic mass is 16.5. The fourth-order valence-electron chi connectivity index (χ4n) is 3.13. The van der Waals surface area contributed by atoms with Gasteiger partial charge < -0.3 is 15.2 Å². The first kappa shape index (κ1) is 18.5. The van der Waals surface area contributed by atoms with Crippen molar-refractivity contribution >= 4 is 5.91 Å². The highest BCUT2D eigenvalue weighted by Crippen LogP contribution is 2.23. The number of hydrogen-bond acceptors (Lipinski definition) is 6. The molecule has 2 heterocycles. The van der Waals surface area contributed by atoms with Crippen LogP contribution < -0.4 is 5.73 Å². The molecule has 140 valence electrons. The Morgan fingerprint density at radius 1 is 1.19 bits per heavy atom. The minimum absolute atomic E-state index is 0.0290. The van der Waals surface area contributed by atoms with E-state index in [0.29, 0.717) is 18.1 Å². The standard InChI is InChI=1S/C19H27N5O2/c1-14(20)8-9-17(25)24-12-10-23(11-13-24)15(2)19-21-18(22-26-19)16-6-4-3-5-7-16/h3-7,14-15H,8-13,20H2,1-2H3. The van der Waals surface area contributed by atoms with Gasteiger partial charge in [0.2, 0.25) is 17.6 Å². The van der Waals surface area contributed by atoms with Crippen LogP contribution in [0.15, 0.2) is 34.9 Å². The van der Waals surface area contributed by atoms with E-state index in [1.165, 1.54) is 0 Å². The van der Waals surface area contributed by atoms with Gasteiger partial charge in [0.25, 0.3) is 0 Å². The van der Waals surface area contributed by atoms with E-state index in [4.69, 9.17) is 10.3 Å². The van der Waals surface area contributed by atoms with Gasteiger partial charge in [-0.15, -0.1) is 0 Å². The number of aromatic nitrogens is 2. The van der Waals surface area contributed by atoms with Crippen LogP contribution in [-0.2, 0) is 4.79 Å². The molecule has 1 fully saturated rings. The topological polar surface area (TPSA) is 88.5 Å². The molecule has 0 saturated carbocycles. The maximum Gasteiger partial charge on any atom is 0.244 e. The molecular weight excluding hydrogens is 330 g/mol. The minimum atomic E-state index is 0.0290. The molecule has 1 aliphatic rings. The summed E-state index contributed by atoms with van der Waals surface area (Å²) in [6.07, 6.45) is 1.26. The molecule has 2 atom stereocenters. The Morgan fingerprint density at radius 2 is 1.88 bits per heavy atom. The smallest absolute Gasteiger partial charge is 0.244 e. The Hall–Kier alpha value is -2.25. The minimum Gasteiger partial charge on any atom is -0.340 e. The predicted molar refractivity (Wildman–Crippen MR) is 99.2 cm³/mol. The van der Waals surface area contributed by atoms with Gasteiger partial charge >= 0.3 is 0 Å². The van der Waals surface area contributed by atoms with Crippen molar-refractivity contribution in [1.82, 2.24) is 19.9 Å². The summed E-state index contributed by atoms with van der Waals surface area (Å²) in [6.45, 7) is 7.04. The Labute approximate surface area is 154 Å². The summed E-state index contributed by atoms with van der Waals surface area (Å²) in [5.74, 6) is 1.41. The van der Waals surface area contributed by atoms with Gasteiger partial charge in [0.15, 0.2) is 0 Å². The third-order valence-electron chi connectivity index (χ3n) is 4.86. The van der Waals surface area contributed by atoms with Crippen LogP contribution in [0.3, 0.4) is 0 Å². The molecule has 3 rings (SSSR count). The molecule has 7 heteroatoms. The highest BCUT2D eigenvalue weighted by molar-refractivity contribution is 5.76. The lowest BCUT2D eigenvalue weighted by atomic mass is 10.1. The van der Waals surface area contributed by atoms with E-state index < -0.39 is 0 Å². The van der Waals surface area contributed by atoms with E-state index in [-0.39, 0.29) is 18.0 Å². The molecule has 26 heavy (non-hydrogen) atoms. The fraction of sp³-hybridized carbons (Fsp3) is 0.526. The average Bonchev–Trinajstić information content (AvgIpc) is 3.16. The number of piperazine rings is 1. The summed E-state index contributed by atoms with van der Waals surface area (Å²) in [4.78, 5) is 21.0. The fourth-order valence-corrected chi connectivity index (χ4v) is 3.13. The van der Waals surface area contributed by atoms with Crippen molar-refractivity contribution in [3.05, 3.63) is 36.2 Å². The molecule has 0 bridgehead atoms. The summed E-state index contributed by atoms with van der Waals surface area (Å²) in [6, 6.07) is 9.89. The van der Waals surface area contributed by atoms with Gasteiger partial charge in [0, 0.05) is 44.2 Å². The van der Waals surface area contributed by atoms with Crippen LogP contribution in [0.25, 0.3) is 11.4 Å². The molecule has 1 amide bonds. The van der Waals surface area contributed by atoms with Gasteiger partial charge in [-0.3, -0.25) is 9.69 Å². The second kappa shape index (κ2) is 8.42. The lowest BCUT2D eigenvalue weighted by Gasteiger charge is -2.37. The first-order valence-corrected chi connectivity index (χ1v) is 9.21. The van der Waals surface area contributed by atoms with Gasteiger partial charge in [-0.1, -0.05) is 35.5 Å². The Balaban J connectivity index is 1.55. The Morgan fingerprint density at radius 3 is 2.54 bits per heavy atom. The second-order valence-corrected chi connectivity index (χ2v) is 6.93. The first-order chi connectivity index (χ1) is 12.5. The number of rotatable bonds is 6. The monoisotopic (exact) mass is 357 g/mol. The average molecular weight is 357 g/mol. The number of nitrogens with two attached hydrogens (primary N) is 1. The number of carbonyl (C=O) groups excluding carboxylic acids is 1. The third-order valence-corrected chi connectivity index (χ3v) is 4.86. The Bertz CT molecular complexity index is 708. The van der Waals surface area contributed by atoms with E-state index in [0.717, 1.165) is 38.2 Å². The van der Waals surface area contributed by atoms with Gasteiger partial charge in [0.1, 0.15) is 0 Å². The Kier molecular flexibility index (Phi) is 6.00. The molecule has 7 nitrogen and oxygen atoms in total. The van der Waals surface area contributed by atoms with Crippen molar-refractivity contribution in [2.45, 2.75) is 38.8 Å². The van der Waals surface area contributed by atoms with Crippen LogP contribution in [0.1, 0.15) is 38.6 Å². The molecule has 2 unspecified atom stereocenters. The molecule has 0 radical (unpaired) electrons. The number of carbonyl (C=O) groups is 1. The number of amides is 1.